The molecule has 6 atom stereocenters. The molecule has 11 nitrogen and oxygen atoms in total. The Bertz CT molecular complexity index is 1320. The fourth-order valence-corrected chi connectivity index (χ4v) is 6.91. The van der Waals surface area contributed by atoms with Gasteiger partial charge < -0.3 is 25.7 Å². The third-order valence-corrected chi connectivity index (χ3v) is 10.1. The van der Waals surface area contributed by atoms with E-state index in [0.717, 1.165) is 42.7 Å². The second kappa shape index (κ2) is 18.3. The van der Waals surface area contributed by atoms with Gasteiger partial charge in [0.15, 0.2) is 0 Å². The van der Waals surface area contributed by atoms with Gasteiger partial charge in [-0.1, -0.05) is 77.8 Å². The average Bonchev–Trinajstić information content (AvgIpc) is 3.55. The largest absolute Gasteiger partial charge is 0.480 e. The number of carboxylic acids is 1. The van der Waals surface area contributed by atoms with Crippen molar-refractivity contribution in [1.29, 1.82) is 0 Å². The molecule has 47 heavy (non-hydrogen) atoms. The molecule has 1 unspecified atom stereocenters. The van der Waals surface area contributed by atoms with Crippen LogP contribution in [-0.2, 0) is 20.8 Å². The minimum Gasteiger partial charge on any atom is -0.480 e. The lowest BCUT2D eigenvalue weighted by atomic mass is 9.92. The highest BCUT2D eigenvalue weighted by Crippen LogP contribution is 2.29. The normalized spacial score (nSPS) is 18.5. The number of likely N-dealkylation sites (N-methyl/N-ethyl adjacent to an activating group) is 1. The lowest BCUT2D eigenvalue weighted by Crippen LogP contribution is -2.58. The molecule has 1 aliphatic heterocycles. The summed E-state index contributed by atoms with van der Waals surface area (Å²) < 4.78 is 0. The van der Waals surface area contributed by atoms with Gasteiger partial charge in [-0.3, -0.25) is 19.3 Å². The van der Waals surface area contributed by atoms with Gasteiger partial charge in [0.1, 0.15) is 28.9 Å². The van der Waals surface area contributed by atoms with Crippen LogP contribution in [0.2, 0.25) is 0 Å². The number of hydrogen-bond donors (Lipinski definition) is 4. The molecule has 1 aromatic heterocycles. The van der Waals surface area contributed by atoms with Gasteiger partial charge in [0.25, 0.3) is 5.91 Å². The van der Waals surface area contributed by atoms with Gasteiger partial charge in [0, 0.05) is 30.8 Å². The molecule has 260 valence electrons. The summed E-state index contributed by atoms with van der Waals surface area (Å²) in [6.07, 6.45) is 3.46. The smallest absolute Gasteiger partial charge is 0.326 e. The maximum atomic E-state index is 14.3. The van der Waals surface area contributed by atoms with E-state index in [-0.39, 0.29) is 54.3 Å². The number of carbonyl (C=O) groups is 4. The number of aliphatic hydroxyl groups is 1. The van der Waals surface area contributed by atoms with Crippen LogP contribution in [0.15, 0.2) is 35.7 Å². The number of carbonyl (C=O) groups excluding carboxylic acids is 3. The van der Waals surface area contributed by atoms with Crippen LogP contribution >= 0.6 is 11.3 Å². The number of amides is 3. The predicted molar refractivity (Wildman–Crippen MR) is 183 cm³/mol. The SMILES string of the molecule is CCCN(C(=O)[C@@H](NC(=O)[C@H]1CCCCN1C)C(C)CC)[C@H](C[C@@H](O)c1nc(C(=O)N[C@@H](Cc2ccccc2)C(=O)O)cs1)C(C)C. The van der Waals surface area contributed by atoms with Gasteiger partial charge in [-0.05, 0) is 50.3 Å². The highest BCUT2D eigenvalue weighted by Gasteiger charge is 2.37. The number of thiazole rings is 1. The molecule has 0 radical (unpaired) electrons. The maximum absolute atomic E-state index is 14.3. The number of benzene rings is 1. The molecule has 0 spiro atoms. The van der Waals surface area contributed by atoms with Crippen molar-refractivity contribution in [3.8, 4) is 0 Å². The Morgan fingerprint density at radius 2 is 1.79 bits per heavy atom. The number of piperidine rings is 1. The van der Waals surface area contributed by atoms with E-state index in [1.54, 1.807) is 29.2 Å². The summed E-state index contributed by atoms with van der Waals surface area (Å²) >= 11 is 1.12. The van der Waals surface area contributed by atoms with Crippen LogP contribution in [0.25, 0.3) is 0 Å². The second-order valence-corrected chi connectivity index (χ2v) is 14.0. The fraction of sp³-hybridized carbons (Fsp3) is 0.629. The van der Waals surface area contributed by atoms with Crippen molar-refractivity contribution in [1.82, 2.24) is 25.4 Å². The van der Waals surface area contributed by atoms with E-state index in [9.17, 15) is 29.4 Å². The summed E-state index contributed by atoms with van der Waals surface area (Å²) in [7, 11) is 1.95. The highest BCUT2D eigenvalue weighted by molar-refractivity contribution is 7.09. The summed E-state index contributed by atoms with van der Waals surface area (Å²) in [6, 6.07) is 6.59. The zero-order chi connectivity index (χ0) is 34.7. The van der Waals surface area contributed by atoms with Crippen molar-refractivity contribution in [2.24, 2.45) is 11.8 Å². The minimum absolute atomic E-state index is 0.0186. The quantitative estimate of drug-likeness (QED) is 0.195. The number of aliphatic hydroxyl groups excluding tert-OH is 1. The number of hydrogen-bond acceptors (Lipinski definition) is 8. The van der Waals surface area contributed by atoms with Gasteiger partial charge in [-0.15, -0.1) is 11.3 Å². The lowest BCUT2D eigenvalue weighted by molar-refractivity contribution is -0.142. The topological polar surface area (TPSA) is 152 Å². The van der Waals surface area contributed by atoms with Crippen LogP contribution in [0.3, 0.4) is 0 Å². The molecule has 2 heterocycles. The highest BCUT2D eigenvalue weighted by atomic mass is 32.1. The van der Waals surface area contributed by atoms with E-state index in [2.05, 4.69) is 20.5 Å². The number of aliphatic carboxylic acids is 1. The molecule has 3 rings (SSSR count). The number of nitrogens with one attached hydrogen (secondary N) is 2. The van der Waals surface area contributed by atoms with Gasteiger partial charge in [-0.25, -0.2) is 9.78 Å². The van der Waals surface area contributed by atoms with E-state index in [1.165, 1.54) is 5.38 Å². The first-order valence-electron chi connectivity index (χ1n) is 16.9. The monoisotopic (exact) mass is 671 g/mol. The summed E-state index contributed by atoms with van der Waals surface area (Å²) in [6.45, 7) is 11.3. The molecule has 2 aromatic rings. The van der Waals surface area contributed by atoms with Crippen molar-refractivity contribution in [3.05, 3.63) is 52.0 Å². The Hall–Kier alpha value is -3.35. The van der Waals surface area contributed by atoms with Crippen molar-refractivity contribution in [3.63, 3.8) is 0 Å². The minimum atomic E-state index is -1.16. The van der Waals surface area contributed by atoms with Crippen LogP contribution in [0.4, 0.5) is 0 Å². The molecule has 3 amide bonds. The Morgan fingerprint density at radius 1 is 1.09 bits per heavy atom. The van der Waals surface area contributed by atoms with Gasteiger partial charge in [0.2, 0.25) is 11.8 Å². The van der Waals surface area contributed by atoms with Crippen molar-refractivity contribution < 1.29 is 29.4 Å². The van der Waals surface area contributed by atoms with Gasteiger partial charge in [0.05, 0.1) is 6.04 Å². The van der Waals surface area contributed by atoms with Crippen LogP contribution in [0.5, 0.6) is 0 Å². The van der Waals surface area contributed by atoms with Crippen molar-refractivity contribution in [2.75, 3.05) is 20.1 Å². The zero-order valence-electron chi connectivity index (χ0n) is 28.6. The number of rotatable bonds is 17. The maximum Gasteiger partial charge on any atom is 0.326 e. The van der Waals surface area contributed by atoms with Crippen LogP contribution < -0.4 is 10.6 Å². The molecule has 0 bridgehead atoms. The van der Waals surface area contributed by atoms with Gasteiger partial charge in [-0.2, -0.15) is 0 Å². The Morgan fingerprint density at radius 3 is 2.38 bits per heavy atom. The number of aromatic nitrogens is 1. The fourth-order valence-electron chi connectivity index (χ4n) is 6.11. The first-order chi connectivity index (χ1) is 22.4. The Balaban J connectivity index is 1.75. The van der Waals surface area contributed by atoms with Crippen molar-refractivity contribution >= 4 is 35.0 Å². The van der Waals surface area contributed by atoms with Gasteiger partial charge >= 0.3 is 5.97 Å². The molecule has 0 saturated carbocycles. The Kier molecular flexibility index (Phi) is 14.8. The van der Waals surface area contributed by atoms with E-state index in [0.29, 0.717) is 24.4 Å². The first-order valence-corrected chi connectivity index (χ1v) is 17.8. The molecule has 4 N–H and O–H groups in total. The third-order valence-electron chi connectivity index (χ3n) is 9.16. The standard InChI is InChI=1S/C35H53N5O6S/c1-7-17-40(34(44)30(23(5)8-2)38-32(43)27-16-12-13-18-39(27)6)28(22(3)4)20-29(41)33-37-26(21-47-33)31(42)36-25(35(45)46)19-24-14-10-9-11-15-24/h9-11,14-15,21-23,25,27-30,41H,7-8,12-13,16-20H2,1-6H3,(H,36,42)(H,38,43)(H,45,46)/t23?,25-,27+,28+,29+,30-/m0/s1. The summed E-state index contributed by atoms with van der Waals surface area (Å²) in [5, 5.41) is 28.5. The Labute approximate surface area is 283 Å². The van der Waals surface area contributed by atoms with E-state index in [1.807, 2.05) is 47.7 Å². The molecule has 1 aliphatic rings. The molecular formula is C35H53N5O6S. The molecule has 0 aliphatic carbocycles. The number of likely N-dealkylation sites (tertiary alicyclic amines) is 1. The molecule has 1 aromatic carbocycles. The van der Waals surface area contributed by atoms with Crippen molar-refractivity contribution in [2.45, 2.75) is 110 Å². The molecule has 12 heteroatoms. The molecule has 1 saturated heterocycles. The van der Waals surface area contributed by atoms with E-state index >= 15 is 0 Å². The first kappa shape index (κ1) is 38.1. The average molecular weight is 672 g/mol. The molecule has 1 fully saturated rings. The third kappa shape index (κ3) is 10.6. The summed E-state index contributed by atoms with van der Waals surface area (Å²) in [5.74, 6) is -2.18. The van der Waals surface area contributed by atoms with E-state index in [4.69, 9.17) is 0 Å². The van der Waals surface area contributed by atoms with Crippen LogP contribution in [0, 0.1) is 11.8 Å². The molecular weight excluding hydrogens is 618 g/mol. The zero-order valence-corrected chi connectivity index (χ0v) is 29.5. The predicted octanol–water partition coefficient (Wildman–Crippen LogP) is 4.27. The second-order valence-electron chi connectivity index (χ2n) is 13.1. The summed E-state index contributed by atoms with van der Waals surface area (Å²) in [5.41, 5.74) is 0.801. The van der Waals surface area contributed by atoms with Crippen LogP contribution in [0.1, 0.15) is 100 Å². The lowest BCUT2D eigenvalue weighted by Gasteiger charge is -2.39. The van der Waals surface area contributed by atoms with E-state index < -0.39 is 30.1 Å². The van der Waals surface area contributed by atoms with Crippen LogP contribution in [-0.4, -0.2) is 93.0 Å². The summed E-state index contributed by atoms with van der Waals surface area (Å²) in [4.78, 5) is 60.8. The number of nitrogens with zero attached hydrogens (tertiary/aromatic N) is 3. The number of carboxylic acid groups (broad SMARTS) is 1.